The van der Waals surface area contributed by atoms with Gasteiger partial charge in [-0.25, -0.2) is 14.6 Å². The monoisotopic (exact) mass is 1150 g/mol. The average Bonchev–Trinajstić information content (AvgIpc) is 3.86. The molecule has 0 aliphatic carbocycles. The van der Waals surface area contributed by atoms with Gasteiger partial charge in [0.2, 0.25) is 0 Å². The van der Waals surface area contributed by atoms with Crippen molar-refractivity contribution in [1.29, 1.82) is 0 Å². The van der Waals surface area contributed by atoms with Gasteiger partial charge in [-0.3, -0.25) is 39.1 Å². The van der Waals surface area contributed by atoms with Crippen molar-refractivity contribution < 1.29 is 54.3 Å². The first-order chi connectivity index (χ1) is 37.7. The number of pyridine rings is 6. The molecule has 0 bridgehead atoms. The molecule has 0 radical (unpaired) electrons. The molecule has 80 heavy (non-hydrogen) atoms. The summed E-state index contributed by atoms with van der Waals surface area (Å²) in [6, 6.07) is 37.2. The molecule has 0 saturated heterocycles. The molecular weight excluding hydrogens is 1100 g/mol. The Hall–Kier alpha value is -7.91. The van der Waals surface area contributed by atoms with Crippen LogP contribution in [0.5, 0.6) is 0 Å². The Morgan fingerprint density at radius 1 is 0.575 bits per heavy atom. The standard InChI is InChI=1S/C24H17Cl2N5O.C17H13ClN2O2.C16H11ClN2O2.CH3F.CH4.Li.H2O/c25-18-9-17-7-15(1-3-22(17)28-11-18)8-20-10-16(5-6-27-20)24(32)30-13-21-2-4-23-29-12-19(26)14-31(21)23;1-22-17(21)12-4-5-19-15(9-12)7-11-2-3-16-13(6-11)8-14(18)10-20-16;17-13-7-12-5-10(1-2-15(12)19-9-13)6-14-8-11(16(20)21)3-4-18-14;1-2;;;/h1-7,9-12,14H,8,13H2,(H,30,32);2-6,8-10H,7H2,1H3;1-5,7-9H,6H2,(H,20,21);1H3;1H4;;1H2/q;;;;;+1;/p-1/i;;;1D;;;. The number of aromatic nitrogens is 8. The number of ether oxygens (including phenoxy) is 1. The smallest absolute Gasteiger partial charge is 0.870 e. The van der Waals surface area contributed by atoms with Crippen LogP contribution in [0.4, 0.5) is 4.39 Å². The Kier molecular flexibility index (Phi) is 22.9. The third-order valence-electron chi connectivity index (χ3n) is 11.7. The number of benzene rings is 3. The van der Waals surface area contributed by atoms with Gasteiger partial charge in [-0.05, 0) is 120 Å². The van der Waals surface area contributed by atoms with Gasteiger partial charge in [0.05, 0.1) is 69.9 Å². The van der Waals surface area contributed by atoms with Gasteiger partial charge in [-0.15, -0.1) is 0 Å². The van der Waals surface area contributed by atoms with Crippen molar-refractivity contribution in [2.75, 3.05) is 14.3 Å². The number of amides is 1. The normalized spacial score (nSPS) is 10.4. The molecule has 1 amide bonds. The van der Waals surface area contributed by atoms with E-state index in [9.17, 15) is 18.8 Å². The van der Waals surface area contributed by atoms with Crippen LogP contribution in [0.2, 0.25) is 20.1 Å². The van der Waals surface area contributed by atoms with E-state index in [4.69, 9.17) is 57.6 Å². The topological polar surface area (TPSA) is 217 Å². The zero-order valence-electron chi connectivity index (χ0n) is 43.2. The Bertz CT molecular complexity index is 3980. The third kappa shape index (κ3) is 16.8. The maximum atomic E-state index is 12.7. The van der Waals surface area contributed by atoms with E-state index in [1.807, 2.05) is 95.4 Å². The van der Waals surface area contributed by atoms with Crippen molar-refractivity contribution in [2.45, 2.75) is 33.2 Å². The van der Waals surface area contributed by atoms with Gasteiger partial charge >= 0.3 is 30.8 Å². The number of carboxylic acid groups (broad SMARTS) is 1. The van der Waals surface area contributed by atoms with Crippen LogP contribution in [0.1, 0.15) is 79.3 Å². The van der Waals surface area contributed by atoms with E-state index in [0.29, 0.717) is 62.7 Å². The number of esters is 1. The second kappa shape index (κ2) is 29.9. The molecule has 11 rings (SSSR count). The van der Waals surface area contributed by atoms with E-state index >= 15 is 0 Å². The van der Waals surface area contributed by atoms with Crippen LogP contribution in [-0.2, 0) is 30.5 Å². The maximum absolute atomic E-state index is 12.7. The fourth-order valence-electron chi connectivity index (χ4n) is 8.10. The summed E-state index contributed by atoms with van der Waals surface area (Å²) in [5.74, 6) is -1.49. The second-order valence-electron chi connectivity index (χ2n) is 17.0. The fourth-order valence-corrected chi connectivity index (χ4v) is 8.74. The first kappa shape index (κ1) is 61.3. The number of carboxylic acids is 1. The fraction of sp³-hybridized carbons (Fsp3) is 0.119. The van der Waals surface area contributed by atoms with Crippen molar-refractivity contribution in [3.05, 3.63) is 247 Å². The quantitative estimate of drug-likeness (QED) is 0.0911. The van der Waals surface area contributed by atoms with E-state index in [1.54, 1.807) is 67.6 Å². The minimum absolute atomic E-state index is 0. The molecule has 21 heteroatoms. The van der Waals surface area contributed by atoms with Crippen LogP contribution in [0, 0.1) is 0 Å². The Labute approximate surface area is 493 Å². The van der Waals surface area contributed by atoms with Crippen LogP contribution < -0.4 is 24.2 Å². The van der Waals surface area contributed by atoms with E-state index < -0.39 is 13.1 Å². The largest absolute Gasteiger partial charge is 1.00 e. The van der Waals surface area contributed by atoms with Crippen molar-refractivity contribution in [2.24, 2.45) is 0 Å². The van der Waals surface area contributed by atoms with Gasteiger partial charge in [-0.2, -0.15) is 0 Å². The van der Waals surface area contributed by atoms with Crippen LogP contribution in [0.3, 0.4) is 0 Å². The van der Waals surface area contributed by atoms with Crippen molar-refractivity contribution in [1.82, 2.24) is 44.6 Å². The SMILES string of the molecule is C.COC(=O)c1ccnc(Cc2ccc3ncc(Cl)cc3c2)c1.O=C(NCc1ccc2ncc(Cl)cn12)c1ccnc(Cc2ccc3ncc(Cl)cc3c2)c1.O=C(O)c1ccnc(Cc2ccc3ncc(Cl)cc3c2)c1.[2H]CF.[Li+].[OH-]. The summed E-state index contributed by atoms with van der Waals surface area (Å²) in [4.78, 5) is 65.3. The number of carbonyl (C=O) groups is 3. The number of hydrogen-bond donors (Lipinski definition) is 2. The predicted molar refractivity (Wildman–Crippen MR) is 307 cm³/mol. The summed E-state index contributed by atoms with van der Waals surface area (Å²) >= 11 is 24.0. The molecule has 8 heterocycles. The number of methoxy groups -OCH3 is 1. The van der Waals surface area contributed by atoms with E-state index in [0.717, 1.165) is 72.1 Å². The molecule has 0 spiro atoms. The average molecular weight is 1150 g/mol. The first-order valence-corrected chi connectivity index (χ1v) is 24.8. The minimum atomic E-state index is -1.00. The first-order valence-electron chi connectivity index (χ1n) is 24.0. The summed E-state index contributed by atoms with van der Waals surface area (Å²) in [5, 5.41) is 17.2. The molecule has 0 fully saturated rings. The molecule has 11 aromatic rings. The van der Waals surface area contributed by atoms with E-state index in [2.05, 4.69) is 40.2 Å². The van der Waals surface area contributed by atoms with Crippen molar-refractivity contribution in [3.8, 4) is 0 Å². The summed E-state index contributed by atoms with van der Waals surface area (Å²) in [6.45, 7) is 0.352. The molecule has 0 aliphatic heterocycles. The number of carbonyl (C=O) groups excluding carboxylic acids is 2. The molecule has 0 atom stereocenters. The van der Waals surface area contributed by atoms with Gasteiger partial charge in [0.25, 0.3) is 5.91 Å². The van der Waals surface area contributed by atoms with Gasteiger partial charge < -0.3 is 25.0 Å². The van der Waals surface area contributed by atoms with Gasteiger partial charge in [0, 0.05) is 113 Å². The zero-order chi connectivity index (χ0) is 55.1. The van der Waals surface area contributed by atoms with E-state index in [-0.39, 0.29) is 49.2 Å². The van der Waals surface area contributed by atoms with Crippen LogP contribution >= 0.6 is 46.4 Å². The summed E-state index contributed by atoms with van der Waals surface area (Å²) < 4.78 is 22.1. The van der Waals surface area contributed by atoms with Crippen LogP contribution in [-0.4, -0.2) is 82.0 Å². The van der Waals surface area contributed by atoms with Crippen LogP contribution in [0.15, 0.2) is 171 Å². The summed E-state index contributed by atoms with van der Waals surface area (Å²) in [5.41, 5.74) is 11.1. The number of fused-ring (bicyclic) bond motifs is 4. The molecular formula is C59H49Cl4FLiN9O6. The molecule has 8 aromatic heterocycles. The van der Waals surface area contributed by atoms with E-state index in [1.165, 1.54) is 19.4 Å². The number of nitrogens with one attached hydrogen (secondary N) is 1. The number of aromatic carboxylic acids is 1. The third-order valence-corrected chi connectivity index (χ3v) is 12.5. The number of nitrogens with zero attached hydrogens (tertiary/aromatic N) is 8. The van der Waals surface area contributed by atoms with Gasteiger partial charge in [0.15, 0.2) is 0 Å². The Morgan fingerprint density at radius 3 is 1.44 bits per heavy atom. The number of alkyl halides is 1. The maximum Gasteiger partial charge on any atom is 1.00 e. The molecule has 15 nitrogen and oxygen atoms in total. The molecule has 0 unspecified atom stereocenters. The Balaban J connectivity index is 0.000000220. The number of hydrogen-bond acceptors (Lipinski definition) is 12. The molecule has 3 N–H and O–H groups in total. The second-order valence-corrected chi connectivity index (χ2v) is 18.7. The zero-order valence-corrected chi connectivity index (χ0v) is 45.2. The van der Waals surface area contributed by atoms with Gasteiger partial charge in [-0.1, -0.05) is 72.0 Å². The van der Waals surface area contributed by atoms with Crippen molar-refractivity contribution >= 4 is 103 Å². The molecule has 402 valence electrons. The summed E-state index contributed by atoms with van der Waals surface area (Å²) in [7, 11) is 0.364. The van der Waals surface area contributed by atoms with Crippen molar-refractivity contribution in [3.63, 3.8) is 0 Å². The molecule has 0 saturated carbocycles. The van der Waals surface area contributed by atoms with Gasteiger partial charge in [0.1, 0.15) is 5.65 Å². The predicted octanol–water partition coefficient (Wildman–Crippen LogP) is 10.4. The number of halogens is 5. The van der Waals surface area contributed by atoms with Crippen LogP contribution in [0.25, 0.3) is 38.4 Å². The number of rotatable bonds is 11. The molecule has 3 aromatic carbocycles. The summed E-state index contributed by atoms with van der Waals surface area (Å²) in [6.07, 6.45) is 14.8. The minimum Gasteiger partial charge on any atom is -0.870 e. The molecule has 0 aliphatic rings. The Morgan fingerprint density at radius 2 is 0.988 bits per heavy atom.